The van der Waals surface area contributed by atoms with E-state index in [1.165, 1.54) is 29.5 Å². The van der Waals surface area contributed by atoms with Crippen LogP contribution in [0.1, 0.15) is 35.7 Å². The summed E-state index contributed by atoms with van der Waals surface area (Å²) < 4.78 is 42.8. The molecule has 1 aromatic heterocycles. The minimum absolute atomic E-state index is 0.218. The van der Waals surface area contributed by atoms with Crippen molar-refractivity contribution < 1.29 is 17.9 Å². The van der Waals surface area contributed by atoms with E-state index in [2.05, 4.69) is 31.6 Å². The van der Waals surface area contributed by atoms with Crippen LogP contribution in [0.3, 0.4) is 0 Å². The molecular formula is C20H18F3N3OS. The Kier molecular flexibility index (Phi) is 5.30. The molecule has 8 heteroatoms. The van der Waals surface area contributed by atoms with Gasteiger partial charge in [0.05, 0.1) is 6.54 Å². The molecule has 146 valence electrons. The first-order valence-electron chi connectivity index (χ1n) is 8.92. The lowest BCUT2D eigenvalue weighted by atomic mass is 10.2. The molecule has 1 saturated carbocycles. The molecule has 3 aromatic rings. The number of halogens is 3. The van der Waals surface area contributed by atoms with Crippen molar-refractivity contribution in [2.24, 2.45) is 0 Å². The highest BCUT2D eigenvalue weighted by Crippen LogP contribution is 2.40. The zero-order valence-electron chi connectivity index (χ0n) is 14.9. The third-order valence-corrected chi connectivity index (χ3v) is 5.43. The van der Waals surface area contributed by atoms with Gasteiger partial charge >= 0.3 is 6.36 Å². The van der Waals surface area contributed by atoms with Crippen molar-refractivity contribution in [3.8, 4) is 5.75 Å². The van der Waals surface area contributed by atoms with Gasteiger partial charge in [0.1, 0.15) is 11.6 Å². The third kappa shape index (κ3) is 4.86. The Morgan fingerprint density at radius 2 is 1.68 bits per heavy atom. The van der Waals surface area contributed by atoms with Crippen LogP contribution in [-0.2, 0) is 12.3 Å². The van der Waals surface area contributed by atoms with Crippen molar-refractivity contribution in [3.05, 3.63) is 71.5 Å². The van der Waals surface area contributed by atoms with Gasteiger partial charge in [-0.15, -0.1) is 23.4 Å². The van der Waals surface area contributed by atoms with E-state index in [0.717, 1.165) is 29.4 Å². The second-order valence-electron chi connectivity index (χ2n) is 6.67. The van der Waals surface area contributed by atoms with Crippen molar-refractivity contribution in [1.29, 1.82) is 0 Å². The molecule has 2 aromatic carbocycles. The van der Waals surface area contributed by atoms with E-state index in [9.17, 15) is 13.2 Å². The molecule has 0 unspecified atom stereocenters. The summed E-state index contributed by atoms with van der Waals surface area (Å²) in [6.07, 6.45) is -2.40. The Balaban J connectivity index is 1.46. The van der Waals surface area contributed by atoms with Gasteiger partial charge in [-0.3, -0.25) is 0 Å². The summed E-state index contributed by atoms with van der Waals surface area (Å²) >= 11 is 1.53. The van der Waals surface area contributed by atoms with Crippen molar-refractivity contribution in [2.75, 3.05) is 0 Å². The smallest absolute Gasteiger partial charge is 0.406 e. The highest BCUT2D eigenvalue weighted by Gasteiger charge is 2.31. The number of alkyl halides is 3. The van der Waals surface area contributed by atoms with Gasteiger partial charge in [-0.25, -0.2) is 0 Å². The average molecular weight is 405 g/mol. The minimum atomic E-state index is -4.68. The summed E-state index contributed by atoms with van der Waals surface area (Å²) in [4.78, 5) is 0. The number of nitrogens with zero attached hydrogens (tertiary/aromatic N) is 3. The van der Waals surface area contributed by atoms with E-state index >= 15 is 0 Å². The molecular weight excluding hydrogens is 387 g/mol. The normalized spacial score (nSPS) is 14.2. The maximum Gasteiger partial charge on any atom is 0.573 e. The van der Waals surface area contributed by atoms with Gasteiger partial charge in [-0.2, -0.15) is 0 Å². The maximum atomic E-state index is 12.3. The summed E-state index contributed by atoms with van der Waals surface area (Å²) in [7, 11) is 0. The van der Waals surface area contributed by atoms with Crippen LogP contribution in [0.5, 0.6) is 5.75 Å². The van der Waals surface area contributed by atoms with Crippen LogP contribution in [0.25, 0.3) is 0 Å². The Bertz CT molecular complexity index is 922. The standard InChI is InChI=1S/C20H18F3N3OS/c21-20(22,23)27-17-10-6-15(7-11-17)13-28-19-25-24-18(16-8-9-16)26(19)12-14-4-2-1-3-5-14/h1-7,10-11,16H,8-9,12-13H2. The summed E-state index contributed by atoms with van der Waals surface area (Å²) in [6.45, 7) is 0.709. The number of rotatable bonds is 7. The predicted molar refractivity (Wildman–Crippen MR) is 100 cm³/mol. The molecule has 1 heterocycles. The van der Waals surface area contributed by atoms with E-state index in [0.29, 0.717) is 18.2 Å². The molecule has 0 radical (unpaired) electrons. The molecule has 28 heavy (non-hydrogen) atoms. The number of ether oxygens (including phenoxy) is 1. The second kappa shape index (κ2) is 7.87. The fourth-order valence-electron chi connectivity index (χ4n) is 2.90. The molecule has 1 aliphatic carbocycles. The summed E-state index contributed by atoms with van der Waals surface area (Å²) in [6, 6.07) is 16.1. The molecule has 0 aliphatic heterocycles. The number of hydrogen-bond donors (Lipinski definition) is 0. The molecule has 0 atom stereocenters. The fourth-order valence-corrected chi connectivity index (χ4v) is 3.80. The fraction of sp³-hybridized carbons (Fsp3) is 0.300. The molecule has 4 nitrogen and oxygen atoms in total. The number of hydrogen-bond acceptors (Lipinski definition) is 4. The van der Waals surface area contributed by atoms with Crippen LogP contribution >= 0.6 is 11.8 Å². The first-order chi connectivity index (χ1) is 13.5. The molecule has 0 spiro atoms. The maximum absolute atomic E-state index is 12.3. The summed E-state index contributed by atoms with van der Waals surface area (Å²) in [5, 5.41) is 9.57. The van der Waals surface area contributed by atoms with Crippen LogP contribution < -0.4 is 4.74 Å². The molecule has 1 aliphatic rings. The molecule has 0 N–H and O–H groups in total. The number of thioether (sulfide) groups is 1. The SMILES string of the molecule is FC(F)(F)Oc1ccc(CSc2nnc(C3CC3)n2Cc2ccccc2)cc1. The lowest BCUT2D eigenvalue weighted by Crippen LogP contribution is -2.16. The summed E-state index contributed by atoms with van der Waals surface area (Å²) in [5.74, 6) is 1.86. The molecule has 4 rings (SSSR count). The molecule has 0 amide bonds. The highest BCUT2D eigenvalue weighted by molar-refractivity contribution is 7.98. The van der Waals surface area contributed by atoms with Gasteiger partial charge in [0, 0.05) is 11.7 Å². The third-order valence-electron chi connectivity index (χ3n) is 4.40. The lowest BCUT2D eigenvalue weighted by molar-refractivity contribution is -0.274. The van der Waals surface area contributed by atoms with Gasteiger partial charge in [0.15, 0.2) is 5.16 Å². The lowest BCUT2D eigenvalue weighted by Gasteiger charge is -2.11. The Morgan fingerprint density at radius 3 is 2.32 bits per heavy atom. The van der Waals surface area contributed by atoms with E-state index in [4.69, 9.17) is 0 Å². The van der Waals surface area contributed by atoms with E-state index in [1.807, 2.05) is 18.2 Å². The van der Waals surface area contributed by atoms with Gasteiger partial charge in [0.2, 0.25) is 0 Å². The van der Waals surface area contributed by atoms with Gasteiger partial charge < -0.3 is 9.30 Å². The summed E-state index contributed by atoms with van der Waals surface area (Å²) in [5.41, 5.74) is 2.07. The van der Waals surface area contributed by atoms with Crippen molar-refractivity contribution >= 4 is 11.8 Å². The topological polar surface area (TPSA) is 39.9 Å². The molecule has 1 fully saturated rings. The molecule has 0 bridgehead atoms. The van der Waals surface area contributed by atoms with Crippen LogP contribution in [0, 0.1) is 0 Å². The molecule has 0 saturated heterocycles. The first kappa shape index (κ1) is 18.9. The zero-order valence-corrected chi connectivity index (χ0v) is 15.7. The minimum Gasteiger partial charge on any atom is -0.406 e. The van der Waals surface area contributed by atoms with Crippen molar-refractivity contribution in [3.63, 3.8) is 0 Å². The van der Waals surface area contributed by atoms with Crippen LogP contribution in [-0.4, -0.2) is 21.1 Å². The predicted octanol–water partition coefficient (Wildman–Crippen LogP) is 5.39. The Labute approximate surface area is 164 Å². The van der Waals surface area contributed by atoms with E-state index in [1.54, 1.807) is 12.1 Å². The van der Waals surface area contributed by atoms with E-state index < -0.39 is 6.36 Å². The Morgan fingerprint density at radius 1 is 0.964 bits per heavy atom. The zero-order chi connectivity index (χ0) is 19.6. The van der Waals surface area contributed by atoms with Crippen molar-refractivity contribution in [1.82, 2.24) is 14.8 Å². The largest absolute Gasteiger partial charge is 0.573 e. The highest BCUT2D eigenvalue weighted by atomic mass is 32.2. The number of benzene rings is 2. The second-order valence-corrected chi connectivity index (χ2v) is 7.61. The average Bonchev–Trinajstić information content (AvgIpc) is 3.43. The van der Waals surface area contributed by atoms with Gasteiger partial charge in [-0.1, -0.05) is 54.2 Å². The first-order valence-corrected chi connectivity index (χ1v) is 9.91. The quantitative estimate of drug-likeness (QED) is 0.494. The van der Waals surface area contributed by atoms with E-state index in [-0.39, 0.29) is 5.75 Å². The van der Waals surface area contributed by atoms with Crippen molar-refractivity contribution in [2.45, 2.75) is 42.6 Å². The van der Waals surface area contributed by atoms with Crippen LogP contribution in [0.15, 0.2) is 59.8 Å². The van der Waals surface area contributed by atoms with Crippen LogP contribution in [0.4, 0.5) is 13.2 Å². The van der Waals surface area contributed by atoms with Crippen LogP contribution in [0.2, 0.25) is 0 Å². The van der Waals surface area contributed by atoms with Gasteiger partial charge in [-0.05, 0) is 36.1 Å². The number of aromatic nitrogens is 3. The Hall–Kier alpha value is -2.48. The monoisotopic (exact) mass is 405 g/mol. The van der Waals surface area contributed by atoms with Gasteiger partial charge in [0.25, 0.3) is 0 Å².